The lowest BCUT2D eigenvalue weighted by Gasteiger charge is -2.24. The van der Waals surface area contributed by atoms with Gasteiger partial charge in [0.2, 0.25) is 6.23 Å². The number of aryl methyl sites for hydroxylation is 1. The van der Waals surface area contributed by atoms with Crippen LogP contribution in [0.2, 0.25) is 5.02 Å². The molecular weight excluding hydrogens is 515 g/mol. The zero-order valence-corrected chi connectivity index (χ0v) is 19.8. The fraction of sp³-hybridized carbons (Fsp3) is 0.450. The molecule has 0 amide bonds. The van der Waals surface area contributed by atoms with Crippen molar-refractivity contribution in [2.45, 2.75) is 43.7 Å². The van der Waals surface area contributed by atoms with Crippen LogP contribution in [0.1, 0.15) is 18.3 Å². The number of nitrogens with zero attached hydrogens (tertiary/aromatic N) is 2. The van der Waals surface area contributed by atoms with Crippen LogP contribution in [0.5, 0.6) is 5.75 Å². The fourth-order valence-electron chi connectivity index (χ4n) is 3.48. The molecule has 5 unspecified atom stereocenters. The van der Waals surface area contributed by atoms with E-state index in [1.807, 2.05) is 0 Å². The first-order valence-corrected chi connectivity index (χ1v) is 12.3. The van der Waals surface area contributed by atoms with Gasteiger partial charge in [-0.25, -0.2) is 9.36 Å². The number of halogens is 3. The van der Waals surface area contributed by atoms with E-state index in [1.54, 1.807) is 0 Å². The number of aliphatic hydroxyl groups excluding tert-OH is 1. The van der Waals surface area contributed by atoms with Crippen LogP contribution < -0.4 is 15.3 Å². The highest BCUT2D eigenvalue weighted by Gasteiger charge is 2.60. The van der Waals surface area contributed by atoms with Gasteiger partial charge in [0.25, 0.3) is 0 Å². The molecule has 11 nitrogen and oxygen atoms in total. The third kappa shape index (κ3) is 5.55. The van der Waals surface area contributed by atoms with E-state index in [0.717, 1.165) is 6.20 Å². The van der Waals surface area contributed by atoms with E-state index in [0.29, 0.717) is 15.3 Å². The Bertz CT molecular complexity index is 1200. The number of aliphatic hydroxyl groups is 1. The fourth-order valence-corrected chi connectivity index (χ4v) is 5.15. The number of carbonyl (C=O) groups is 1. The number of esters is 1. The van der Waals surface area contributed by atoms with Gasteiger partial charge in [-0.1, -0.05) is 11.6 Å². The molecule has 2 saturated heterocycles. The first-order chi connectivity index (χ1) is 16.5. The van der Waals surface area contributed by atoms with Gasteiger partial charge in [0.1, 0.15) is 17.9 Å². The Hall–Kier alpha value is -2.41. The molecule has 0 saturated carbocycles. The molecule has 190 valence electrons. The Kier molecular flexibility index (Phi) is 7.28. The second kappa shape index (κ2) is 9.92. The standard InChI is InChI=1S/C20H21ClF2N3O8P/c1-11-6-8-26(19(29)24-11)18-20(22,23)16(27)15(33-18)10-32-35(30,25-14-7-9-31-17(14)28)34-13-4-2-12(21)3-5-13/h2-6,8,14-16,18,27H,7,9-10H2,1H3,(H,25,30). The third-order valence-electron chi connectivity index (χ3n) is 5.30. The molecule has 2 aliphatic heterocycles. The van der Waals surface area contributed by atoms with Gasteiger partial charge in [0.15, 0.2) is 6.10 Å². The van der Waals surface area contributed by atoms with Gasteiger partial charge < -0.3 is 19.1 Å². The Balaban J connectivity index is 1.53. The lowest BCUT2D eigenvalue weighted by molar-refractivity contribution is -0.141. The number of benzene rings is 1. The van der Waals surface area contributed by atoms with Gasteiger partial charge in [0.05, 0.1) is 13.2 Å². The van der Waals surface area contributed by atoms with Crippen molar-refractivity contribution >= 4 is 25.3 Å². The number of hydrogen-bond acceptors (Lipinski definition) is 9. The van der Waals surface area contributed by atoms with E-state index in [2.05, 4.69) is 10.1 Å². The molecule has 0 spiro atoms. The van der Waals surface area contributed by atoms with Crippen molar-refractivity contribution < 1.29 is 41.8 Å². The molecule has 15 heteroatoms. The molecule has 1 aromatic carbocycles. The van der Waals surface area contributed by atoms with Crippen LogP contribution in [0.3, 0.4) is 0 Å². The van der Waals surface area contributed by atoms with E-state index in [4.69, 9.17) is 30.1 Å². The highest BCUT2D eigenvalue weighted by atomic mass is 35.5. The molecule has 0 bridgehead atoms. The number of rotatable bonds is 8. The lowest BCUT2D eigenvalue weighted by atomic mass is 10.1. The maximum absolute atomic E-state index is 14.8. The summed E-state index contributed by atoms with van der Waals surface area (Å²) in [4.78, 5) is 27.6. The quantitative estimate of drug-likeness (QED) is 0.382. The van der Waals surface area contributed by atoms with Crippen molar-refractivity contribution in [3.8, 4) is 5.75 Å². The second-order valence-corrected chi connectivity index (χ2v) is 10.0. The number of cyclic esters (lactones) is 1. The summed E-state index contributed by atoms with van der Waals surface area (Å²) in [6.07, 6.45) is -5.06. The van der Waals surface area contributed by atoms with Crippen LogP contribution in [-0.2, 0) is 23.4 Å². The minimum atomic E-state index is -4.38. The molecule has 3 heterocycles. The Morgan fingerprint density at radius 2 is 2.03 bits per heavy atom. The van der Waals surface area contributed by atoms with E-state index < -0.39 is 56.4 Å². The first kappa shape index (κ1) is 25.7. The number of nitrogens with one attached hydrogen (secondary N) is 1. The van der Waals surface area contributed by atoms with Crippen LogP contribution in [0.25, 0.3) is 0 Å². The molecule has 5 atom stereocenters. The number of alkyl halides is 2. The second-order valence-electron chi connectivity index (χ2n) is 7.88. The van der Waals surface area contributed by atoms with Crippen LogP contribution in [0.15, 0.2) is 41.3 Å². The van der Waals surface area contributed by atoms with Gasteiger partial charge in [-0.05, 0) is 37.3 Å². The van der Waals surface area contributed by atoms with Crippen molar-refractivity contribution in [1.29, 1.82) is 0 Å². The van der Waals surface area contributed by atoms with Gasteiger partial charge in [-0.2, -0.15) is 18.9 Å². The average Bonchev–Trinajstić information content (AvgIpc) is 3.29. The maximum Gasteiger partial charge on any atom is 0.459 e. The smallest absolute Gasteiger partial charge is 0.459 e. The van der Waals surface area contributed by atoms with E-state index in [9.17, 15) is 28.0 Å². The zero-order chi connectivity index (χ0) is 25.4. The monoisotopic (exact) mass is 535 g/mol. The van der Waals surface area contributed by atoms with Crippen molar-refractivity contribution in [2.75, 3.05) is 13.2 Å². The number of hydrogen-bond donors (Lipinski definition) is 2. The molecule has 2 N–H and O–H groups in total. The minimum absolute atomic E-state index is 0.0463. The number of ether oxygens (including phenoxy) is 2. The highest BCUT2D eigenvalue weighted by Crippen LogP contribution is 2.48. The Labute approximate surface area is 202 Å². The van der Waals surface area contributed by atoms with Crippen LogP contribution in [-0.4, -0.2) is 58.0 Å². The van der Waals surface area contributed by atoms with Gasteiger partial charge in [0, 0.05) is 23.3 Å². The topological polar surface area (TPSA) is 138 Å². The number of aromatic nitrogens is 2. The zero-order valence-electron chi connectivity index (χ0n) is 18.2. The molecule has 0 aliphatic carbocycles. The van der Waals surface area contributed by atoms with E-state index in [1.165, 1.54) is 37.3 Å². The highest BCUT2D eigenvalue weighted by molar-refractivity contribution is 7.52. The summed E-state index contributed by atoms with van der Waals surface area (Å²) in [6, 6.07) is 5.97. The molecule has 1 aromatic heterocycles. The largest absolute Gasteiger partial charge is 0.464 e. The van der Waals surface area contributed by atoms with Gasteiger partial charge >= 0.3 is 25.3 Å². The van der Waals surface area contributed by atoms with Gasteiger partial charge in [-0.15, -0.1) is 0 Å². The Morgan fingerprint density at radius 1 is 1.31 bits per heavy atom. The molecule has 0 radical (unpaired) electrons. The van der Waals surface area contributed by atoms with E-state index >= 15 is 0 Å². The summed E-state index contributed by atoms with van der Waals surface area (Å²) in [5.74, 6) is -4.55. The number of carbonyl (C=O) groups excluding carboxylic acids is 1. The van der Waals surface area contributed by atoms with Gasteiger partial charge in [-0.3, -0.25) is 13.9 Å². The SMILES string of the molecule is Cc1ccn(C2OC(COP(=O)(NC3CCOC3=O)Oc3ccc(Cl)cc3)C(O)C2(F)F)c(=O)n1. The van der Waals surface area contributed by atoms with E-state index in [-0.39, 0.29) is 18.8 Å². The summed E-state index contributed by atoms with van der Waals surface area (Å²) in [5.41, 5.74) is -0.689. The van der Waals surface area contributed by atoms with Crippen LogP contribution in [0.4, 0.5) is 8.78 Å². The summed E-state index contributed by atoms with van der Waals surface area (Å²) >= 11 is 5.84. The molecule has 4 rings (SSSR count). The normalized spacial score (nSPS) is 27.4. The predicted octanol–water partition coefficient (Wildman–Crippen LogP) is 2.21. The minimum Gasteiger partial charge on any atom is -0.464 e. The van der Waals surface area contributed by atoms with Crippen molar-refractivity contribution in [2.24, 2.45) is 0 Å². The molecular formula is C20H21ClF2N3O8P. The molecule has 35 heavy (non-hydrogen) atoms. The third-order valence-corrected chi connectivity index (χ3v) is 7.12. The van der Waals surface area contributed by atoms with Crippen molar-refractivity contribution in [1.82, 2.24) is 14.6 Å². The first-order valence-electron chi connectivity index (χ1n) is 10.4. The predicted molar refractivity (Wildman–Crippen MR) is 116 cm³/mol. The lowest BCUT2D eigenvalue weighted by Crippen LogP contribution is -2.42. The summed E-state index contributed by atoms with van der Waals surface area (Å²) in [7, 11) is -4.38. The molecule has 2 aromatic rings. The average molecular weight is 536 g/mol. The molecule has 2 aliphatic rings. The maximum atomic E-state index is 14.8. The van der Waals surface area contributed by atoms with Crippen LogP contribution >= 0.6 is 19.3 Å². The summed E-state index contributed by atoms with van der Waals surface area (Å²) in [6.45, 7) is 0.756. The van der Waals surface area contributed by atoms with Crippen LogP contribution in [0, 0.1) is 6.92 Å². The Morgan fingerprint density at radius 3 is 2.66 bits per heavy atom. The summed E-state index contributed by atoms with van der Waals surface area (Å²) in [5, 5.41) is 13.0. The summed E-state index contributed by atoms with van der Waals surface area (Å²) < 4.78 is 64.4. The molecule has 2 fully saturated rings. The van der Waals surface area contributed by atoms with Crippen molar-refractivity contribution in [3.05, 3.63) is 57.7 Å². The van der Waals surface area contributed by atoms with Crippen molar-refractivity contribution in [3.63, 3.8) is 0 Å².